The molecular formula is C20H22ClN3O3. The molecule has 2 unspecified atom stereocenters. The zero-order chi connectivity index (χ0) is 18.8. The molecule has 2 heterocycles. The van der Waals surface area contributed by atoms with Gasteiger partial charge in [0.05, 0.1) is 0 Å². The van der Waals surface area contributed by atoms with E-state index >= 15 is 0 Å². The molecule has 2 aliphatic heterocycles. The average Bonchev–Trinajstić information content (AvgIpc) is 3.17. The second-order valence-corrected chi connectivity index (χ2v) is 7.29. The summed E-state index contributed by atoms with van der Waals surface area (Å²) >= 11 is 6.07. The van der Waals surface area contributed by atoms with Gasteiger partial charge < -0.3 is 14.4 Å². The number of nitrogens with zero attached hydrogens (tertiary/aromatic N) is 1. The first kappa shape index (κ1) is 18.1. The number of hydrazine groups is 1. The topological polar surface area (TPSA) is 62.8 Å². The second-order valence-electron chi connectivity index (χ2n) is 6.86. The van der Waals surface area contributed by atoms with Gasteiger partial charge >= 0.3 is 0 Å². The van der Waals surface area contributed by atoms with Gasteiger partial charge in [0.15, 0.2) is 11.5 Å². The van der Waals surface area contributed by atoms with Gasteiger partial charge in [0.2, 0.25) is 5.91 Å². The van der Waals surface area contributed by atoms with Crippen LogP contribution in [0.25, 0.3) is 0 Å². The summed E-state index contributed by atoms with van der Waals surface area (Å²) in [6.45, 7) is 1.63. The van der Waals surface area contributed by atoms with Gasteiger partial charge in [-0.15, -0.1) is 0 Å². The number of hydrogen-bond donors (Lipinski definition) is 2. The van der Waals surface area contributed by atoms with Crippen LogP contribution in [0.4, 0.5) is 0 Å². The highest BCUT2D eigenvalue weighted by Crippen LogP contribution is 2.31. The smallest absolute Gasteiger partial charge is 0.241 e. The fraction of sp³-hybridized carbons (Fsp3) is 0.350. The number of carbonyl (C=O) groups is 1. The van der Waals surface area contributed by atoms with E-state index < -0.39 is 0 Å². The van der Waals surface area contributed by atoms with Gasteiger partial charge in [0.1, 0.15) is 19.3 Å². The lowest BCUT2D eigenvalue weighted by atomic mass is 10.0. The van der Waals surface area contributed by atoms with Gasteiger partial charge in [0.25, 0.3) is 0 Å². The summed E-state index contributed by atoms with van der Waals surface area (Å²) in [4.78, 5) is 14.6. The van der Waals surface area contributed by atoms with E-state index in [9.17, 15) is 4.79 Å². The Morgan fingerprint density at radius 2 is 1.96 bits per heavy atom. The predicted octanol–water partition coefficient (Wildman–Crippen LogP) is 2.68. The van der Waals surface area contributed by atoms with Gasteiger partial charge in [-0.2, -0.15) is 0 Å². The first-order valence-corrected chi connectivity index (χ1v) is 9.38. The van der Waals surface area contributed by atoms with Crippen LogP contribution >= 0.6 is 11.6 Å². The second kappa shape index (κ2) is 7.76. The Morgan fingerprint density at radius 1 is 1.15 bits per heavy atom. The van der Waals surface area contributed by atoms with Crippen molar-refractivity contribution in [3.05, 3.63) is 58.6 Å². The molecule has 4 rings (SSSR count). The number of rotatable bonds is 4. The molecule has 0 bridgehead atoms. The number of amides is 1. The van der Waals surface area contributed by atoms with Crippen LogP contribution in [0.15, 0.2) is 42.5 Å². The number of benzene rings is 2. The Labute approximate surface area is 163 Å². The number of hydrogen-bond acceptors (Lipinski definition) is 5. The molecule has 7 heteroatoms. The maximum absolute atomic E-state index is 12.8. The number of nitrogens with one attached hydrogen (secondary N) is 2. The van der Waals surface area contributed by atoms with Crippen molar-refractivity contribution in [3.8, 4) is 11.5 Å². The minimum Gasteiger partial charge on any atom is -0.486 e. The Balaban J connectivity index is 1.38. The van der Waals surface area contributed by atoms with Crippen molar-refractivity contribution in [2.24, 2.45) is 0 Å². The molecule has 2 N–H and O–H groups in total. The van der Waals surface area contributed by atoms with Gasteiger partial charge in [-0.05, 0) is 41.8 Å². The van der Waals surface area contributed by atoms with Gasteiger partial charge in [-0.3, -0.25) is 4.79 Å². The first-order chi connectivity index (χ1) is 13.1. The van der Waals surface area contributed by atoms with Crippen LogP contribution < -0.4 is 20.3 Å². The molecular weight excluding hydrogens is 366 g/mol. The third kappa shape index (κ3) is 4.03. The molecule has 1 amide bonds. The highest BCUT2D eigenvalue weighted by atomic mass is 35.5. The van der Waals surface area contributed by atoms with Crippen LogP contribution in [0.2, 0.25) is 5.02 Å². The van der Waals surface area contributed by atoms with E-state index in [1.165, 1.54) is 0 Å². The van der Waals surface area contributed by atoms with Crippen LogP contribution in [0, 0.1) is 0 Å². The van der Waals surface area contributed by atoms with E-state index in [1.54, 1.807) is 4.90 Å². The zero-order valence-corrected chi connectivity index (χ0v) is 15.8. The molecule has 6 nitrogen and oxygen atoms in total. The normalized spacial score (nSPS) is 21.1. The van der Waals surface area contributed by atoms with E-state index in [1.807, 2.05) is 49.5 Å². The summed E-state index contributed by atoms with van der Waals surface area (Å²) in [5, 5.41) is 0.694. The Hall–Kier alpha value is -2.28. The maximum Gasteiger partial charge on any atom is 0.241 e. The van der Waals surface area contributed by atoms with Gasteiger partial charge in [-0.25, -0.2) is 10.9 Å². The third-order valence-corrected chi connectivity index (χ3v) is 5.09. The molecule has 0 radical (unpaired) electrons. The van der Waals surface area contributed by atoms with E-state index in [-0.39, 0.29) is 18.0 Å². The summed E-state index contributed by atoms with van der Waals surface area (Å²) in [5.41, 5.74) is 8.39. The lowest BCUT2D eigenvalue weighted by Gasteiger charge is -2.23. The largest absolute Gasteiger partial charge is 0.486 e. The lowest BCUT2D eigenvalue weighted by Crippen LogP contribution is -2.43. The van der Waals surface area contributed by atoms with Crippen molar-refractivity contribution in [1.29, 1.82) is 0 Å². The molecule has 0 saturated carbocycles. The maximum atomic E-state index is 12.8. The monoisotopic (exact) mass is 387 g/mol. The molecule has 27 heavy (non-hydrogen) atoms. The molecule has 1 fully saturated rings. The van der Waals surface area contributed by atoms with E-state index in [0.717, 1.165) is 22.6 Å². The van der Waals surface area contributed by atoms with Crippen molar-refractivity contribution in [3.63, 3.8) is 0 Å². The van der Waals surface area contributed by atoms with E-state index in [0.29, 0.717) is 31.2 Å². The van der Waals surface area contributed by atoms with Crippen LogP contribution in [-0.2, 0) is 11.3 Å². The van der Waals surface area contributed by atoms with Crippen molar-refractivity contribution in [1.82, 2.24) is 15.8 Å². The number of likely N-dealkylation sites (N-methyl/N-ethyl adjacent to an activating group) is 1. The zero-order valence-electron chi connectivity index (χ0n) is 15.1. The predicted molar refractivity (Wildman–Crippen MR) is 103 cm³/mol. The number of carbonyl (C=O) groups excluding carboxylic acids is 1. The van der Waals surface area contributed by atoms with Crippen molar-refractivity contribution >= 4 is 17.5 Å². The molecule has 0 aliphatic carbocycles. The van der Waals surface area contributed by atoms with Crippen molar-refractivity contribution < 1.29 is 14.3 Å². The number of halogens is 1. The molecule has 142 valence electrons. The van der Waals surface area contributed by atoms with E-state index in [2.05, 4.69) is 10.9 Å². The molecule has 2 aromatic rings. The van der Waals surface area contributed by atoms with Crippen LogP contribution in [0.3, 0.4) is 0 Å². The van der Waals surface area contributed by atoms with Crippen LogP contribution in [0.5, 0.6) is 11.5 Å². The SMILES string of the molecule is CN(Cc1ccc2c(c1)OCCO2)C(=O)C1CC(c2cccc(Cl)c2)NN1. The van der Waals surface area contributed by atoms with E-state index in [4.69, 9.17) is 21.1 Å². The quantitative estimate of drug-likeness (QED) is 0.844. The number of ether oxygens (including phenoxy) is 2. The van der Waals surface area contributed by atoms with Gasteiger partial charge in [-0.1, -0.05) is 29.8 Å². The Bertz CT molecular complexity index is 845. The molecule has 2 atom stereocenters. The molecule has 2 aliphatic rings. The average molecular weight is 388 g/mol. The summed E-state index contributed by atoms with van der Waals surface area (Å²) in [6.07, 6.45) is 0.671. The highest BCUT2D eigenvalue weighted by Gasteiger charge is 2.32. The summed E-state index contributed by atoms with van der Waals surface area (Å²) in [5.74, 6) is 1.54. The van der Waals surface area contributed by atoms with Crippen molar-refractivity contribution in [2.75, 3.05) is 20.3 Å². The fourth-order valence-electron chi connectivity index (χ4n) is 3.46. The molecule has 1 saturated heterocycles. The first-order valence-electron chi connectivity index (χ1n) is 9.00. The molecule has 2 aromatic carbocycles. The lowest BCUT2D eigenvalue weighted by molar-refractivity contribution is -0.132. The van der Waals surface area contributed by atoms with Gasteiger partial charge in [0, 0.05) is 24.7 Å². The minimum absolute atomic E-state index is 0.0434. The minimum atomic E-state index is -0.281. The molecule has 0 aromatic heterocycles. The van der Waals surface area contributed by atoms with Crippen LogP contribution in [-0.4, -0.2) is 37.1 Å². The third-order valence-electron chi connectivity index (χ3n) is 4.85. The van der Waals surface area contributed by atoms with Crippen LogP contribution in [0.1, 0.15) is 23.6 Å². The number of fused-ring (bicyclic) bond motifs is 1. The summed E-state index contributed by atoms with van der Waals surface area (Å²) < 4.78 is 11.2. The summed E-state index contributed by atoms with van der Waals surface area (Å²) in [7, 11) is 1.81. The standard InChI is InChI=1S/C20H22ClN3O3/c1-24(12-13-5-6-18-19(9-13)27-8-7-26-18)20(25)17-11-16(22-23-17)14-3-2-4-15(21)10-14/h2-6,9-10,16-17,22-23H,7-8,11-12H2,1H3. The Kier molecular flexibility index (Phi) is 5.20. The highest BCUT2D eigenvalue weighted by molar-refractivity contribution is 6.30. The van der Waals surface area contributed by atoms with Crippen molar-refractivity contribution in [2.45, 2.75) is 25.0 Å². The Morgan fingerprint density at radius 3 is 2.78 bits per heavy atom. The summed E-state index contributed by atoms with van der Waals surface area (Å²) in [6, 6.07) is 13.3. The molecule has 0 spiro atoms. The fourth-order valence-corrected chi connectivity index (χ4v) is 3.66.